The summed E-state index contributed by atoms with van der Waals surface area (Å²) in [5, 5.41) is 2.77. The number of carbonyl (C=O) groups excluding carboxylic acids is 1. The second kappa shape index (κ2) is 9.99. The molecule has 1 aromatic heterocycles. The molecule has 0 saturated heterocycles. The summed E-state index contributed by atoms with van der Waals surface area (Å²) in [6.45, 7) is 2.56. The van der Waals surface area contributed by atoms with Crippen molar-refractivity contribution in [3.63, 3.8) is 0 Å². The normalized spacial score (nSPS) is 11.2. The molecule has 6 heteroatoms. The number of amides is 1. The Bertz CT molecular complexity index is 968. The summed E-state index contributed by atoms with van der Waals surface area (Å²) in [5.41, 5.74) is 3.52. The van der Waals surface area contributed by atoms with Gasteiger partial charge in [-0.3, -0.25) is 4.79 Å². The lowest BCUT2D eigenvalue weighted by Crippen LogP contribution is -2.23. The monoisotopic (exact) mass is 398 g/mol. The van der Waals surface area contributed by atoms with E-state index in [1.165, 1.54) is 11.3 Å². The van der Waals surface area contributed by atoms with Crippen LogP contribution in [0.4, 0.5) is 4.39 Å². The average Bonchev–Trinajstić information content (AvgIpc) is 3.18. The van der Waals surface area contributed by atoms with Gasteiger partial charge < -0.3 is 10.1 Å². The molecule has 0 fully saturated rings. The molecule has 1 amide bonds. The van der Waals surface area contributed by atoms with Crippen LogP contribution in [0.25, 0.3) is 10.2 Å². The predicted octanol–water partition coefficient (Wildman–Crippen LogP) is 5.49. The Morgan fingerprint density at radius 3 is 3.04 bits per heavy atom. The van der Waals surface area contributed by atoms with Crippen molar-refractivity contribution in [2.24, 2.45) is 0 Å². The first-order valence-corrected chi connectivity index (χ1v) is 10.2. The van der Waals surface area contributed by atoms with Crippen molar-refractivity contribution >= 4 is 27.5 Å². The first-order valence-electron chi connectivity index (χ1n) is 9.35. The molecule has 0 saturated carbocycles. The fraction of sp³-hybridized carbons (Fsp3) is 0.273. The summed E-state index contributed by atoms with van der Waals surface area (Å²) < 4.78 is 21.1. The number of nitrogens with one attached hydrogen (secondary N) is 1. The number of carbonyl (C=O) groups is 1. The number of thiazole rings is 1. The topological polar surface area (TPSA) is 51.2 Å². The van der Waals surface area contributed by atoms with Gasteiger partial charge in [-0.2, -0.15) is 0 Å². The highest BCUT2D eigenvalue weighted by atomic mass is 32.1. The molecule has 0 spiro atoms. The van der Waals surface area contributed by atoms with Crippen LogP contribution in [-0.4, -0.2) is 17.5 Å². The Kier molecular flexibility index (Phi) is 7.14. The van der Waals surface area contributed by atoms with Gasteiger partial charge >= 0.3 is 0 Å². The third-order valence-corrected chi connectivity index (χ3v) is 5.09. The minimum Gasteiger partial charge on any atom is -0.486 e. The molecule has 0 radical (unpaired) electrons. The van der Waals surface area contributed by atoms with E-state index in [1.807, 2.05) is 18.2 Å². The zero-order valence-corrected chi connectivity index (χ0v) is 16.6. The van der Waals surface area contributed by atoms with E-state index in [9.17, 15) is 9.18 Å². The molecule has 0 aliphatic carbocycles. The maximum Gasteiger partial charge on any atom is 0.251 e. The third kappa shape index (κ3) is 5.16. The number of halogens is 1. The van der Waals surface area contributed by atoms with Gasteiger partial charge in [0.1, 0.15) is 6.61 Å². The van der Waals surface area contributed by atoms with Crippen LogP contribution in [0.5, 0.6) is 5.75 Å². The summed E-state index contributed by atoms with van der Waals surface area (Å²) in [6, 6.07) is 10.3. The summed E-state index contributed by atoms with van der Waals surface area (Å²) in [5.74, 6) is -0.500. The zero-order valence-electron chi connectivity index (χ0n) is 15.8. The standard InChI is InChI=1S/C22H23FN2O2S/c1-2-3-4-5-6-12-27-19-9-7-8-17(21(19)23)14-24-22(26)16-10-11-18-20(13-16)28-15-25-18/h5-11,13,15H,2-4,12,14H2,1H3,(H,24,26). The molecule has 1 heterocycles. The number of ether oxygens (including phenoxy) is 1. The molecular formula is C22H23FN2O2S. The number of unbranched alkanes of at least 4 members (excludes halogenated alkanes) is 2. The molecule has 0 bridgehead atoms. The van der Waals surface area contributed by atoms with E-state index in [4.69, 9.17) is 4.74 Å². The van der Waals surface area contributed by atoms with Crippen molar-refractivity contribution in [2.45, 2.75) is 32.7 Å². The van der Waals surface area contributed by atoms with Crippen LogP contribution < -0.4 is 10.1 Å². The molecule has 0 aliphatic heterocycles. The second-order valence-corrected chi connectivity index (χ2v) is 7.26. The minimum atomic E-state index is -0.442. The summed E-state index contributed by atoms with van der Waals surface area (Å²) >= 11 is 1.48. The minimum absolute atomic E-state index is 0.0922. The second-order valence-electron chi connectivity index (χ2n) is 6.37. The van der Waals surface area contributed by atoms with E-state index in [2.05, 4.69) is 17.2 Å². The van der Waals surface area contributed by atoms with Crippen LogP contribution in [0.3, 0.4) is 0 Å². The average molecular weight is 399 g/mol. The number of nitrogens with zero attached hydrogens (tertiary/aromatic N) is 1. The Morgan fingerprint density at radius 1 is 1.29 bits per heavy atom. The number of allylic oxidation sites excluding steroid dienone is 1. The van der Waals surface area contributed by atoms with Gasteiger partial charge in [-0.25, -0.2) is 9.37 Å². The lowest BCUT2D eigenvalue weighted by Gasteiger charge is -2.10. The maximum absolute atomic E-state index is 14.6. The molecule has 0 atom stereocenters. The van der Waals surface area contributed by atoms with E-state index in [0.29, 0.717) is 17.7 Å². The molecule has 146 valence electrons. The maximum atomic E-state index is 14.6. The molecule has 3 aromatic rings. The van der Waals surface area contributed by atoms with Gasteiger partial charge in [0, 0.05) is 17.7 Å². The van der Waals surface area contributed by atoms with Crippen LogP contribution in [0.1, 0.15) is 42.1 Å². The smallest absolute Gasteiger partial charge is 0.251 e. The van der Waals surface area contributed by atoms with E-state index < -0.39 is 5.82 Å². The van der Waals surface area contributed by atoms with Crippen LogP contribution in [0.15, 0.2) is 54.1 Å². The van der Waals surface area contributed by atoms with Crippen LogP contribution in [0.2, 0.25) is 0 Å². The van der Waals surface area contributed by atoms with Gasteiger partial charge in [-0.05, 0) is 30.7 Å². The van der Waals surface area contributed by atoms with E-state index in [0.717, 1.165) is 29.5 Å². The number of rotatable bonds is 9. The summed E-state index contributed by atoms with van der Waals surface area (Å²) in [7, 11) is 0. The van der Waals surface area contributed by atoms with E-state index in [-0.39, 0.29) is 18.2 Å². The van der Waals surface area contributed by atoms with Crippen molar-refractivity contribution < 1.29 is 13.9 Å². The Hall–Kier alpha value is -2.73. The van der Waals surface area contributed by atoms with Crippen LogP contribution >= 0.6 is 11.3 Å². The number of aromatic nitrogens is 1. The number of hydrogen-bond donors (Lipinski definition) is 1. The zero-order chi connectivity index (χ0) is 19.8. The molecule has 0 aliphatic rings. The molecular weight excluding hydrogens is 375 g/mol. The van der Waals surface area contributed by atoms with Crippen molar-refractivity contribution in [2.75, 3.05) is 6.61 Å². The Labute approximate surface area is 168 Å². The SMILES string of the molecule is CCCCC=CCOc1cccc(CNC(=O)c2ccc3ncsc3c2)c1F. The largest absolute Gasteiger partial charge is 0.486 e. The molecule has 2 aromatic carbocycles. The van der Waals surface area contributed by atoms with Gasteiger partial charge in [-0.1, -0.05) is 44.1 Å². The van der Waals surface area contributed by atoms with Crippen molar-refractivity contribution in [3.8, 4) is 5.75 Å². The Balaban J connectivity index is 1.57. The molecule has 28 heavy (non-hydrogen) atoms. The first-order chi connectivity index (χ1) is 13.7. The highest BCUT2D eigenvalue weighted by Crippen LogP contribution is 2.21. The third-order valence-electron chi connectivity index (χ3n) is 4.30. The molecule has 0 unspecified atom stereocenters. The van der Waals surface area contributed by atoms with Crippen molar-refractivity contribution in [3.05, 3.63) is 71.0 Å². The van der Waals surface area contributed by atoms with Crippen molar-refractivity contribution in [1.82, 2.24) is 10.3 Å². The van der Waals surface area contributed by atoms with Crippen molar-refractivity contribution in [1.29, 1.82) is 0 Å². The number of hydrogen-bond acceptors (Lipinski definition) is 4. The van der Waals surface area contributed by atoms with Gasteiger partial charge in [0.2, 0.25) is 0 Å². The van der Waals surface area contributed by atoms with E-state index in [1.54, 1.807) is 35.8 Å². The van der Waals surface area contributed by atoms with Gasteiger partial charge in [0.05, 0.1) is 15.7 Å². The predicted molar refractivity (Wildman–Crippen MR) is 111 cm³/mol. The van der Waals surface area contributed by atoms with E-state index >= 15 is 0 Å². The fourth-order valence-electron chi connectivity index (χ4n) is 2.72. The number of fused-ring (bicyclic) bond motifs is 1. The highest BCUT2D eigenvalue weighted by Gasteiger charge is 2.12. The highest BCUT2D eigenvalue weighted by molar-refractivity contribution is 7.16. The van der Waals surface area contributed by atoms with Crippen LogP contribution in [0, 0.1) is 5.82 Å². The lowest BCUT2D eigenvalue weighted by atomic mass is 10.1. The lowest BCUT2D eigenvalue weighted by molar-refractivity contribution is 0.0950. The quantitative estimate of drug-likeness (QED) is 0.383. The molecule has 3 rings (SSSR count). The summed E-state index contributed by atoms with van der Waals surface area (Å²) in [4.78, 5) is 16.6. The Morgan fingerprint density at radius 2 is 2.18 bits per heavy atom. The van der Waals surface area contributed by atoms with Gasteiger partial charge in [0.15, 0.2) is 11.6 Å². The van der Waals surface area contributed by atoms with Crippen LogP contribution in [-0.2, 0) is 6.54 Å². The summed E-state index contributed by atoms with van der Waals surface area (Å²) in [6.07, 6.45) is 7.23. The number of benzene rings is 2. The fourth-order valence-corrected chi connectivity index (χ4v) is 3.44. The molecule has 1 N–H and O–H groups in total. The van der Waals surface area contributed by atoms with Gasteiger partial charge in [0.25, 0.3) is 5.91 Å². The molecule has 4 nitrogen and oxygen atoms in total. The first kappa shape index (κ1) is 20.0. The van der Waals surface area contributed by atoms with Gasteiger partial charge in [-0.15, -0.1) is 11.3 Å².